The van der Waals surface area contributed by atoms with Gasteiger partial charge in [-0.15, -0.1) is 0 Å². The van der Waals surface area contributed by atoms with E-state index in [2.05, 4.69) is 10.2 Å². The van der Waals surface area contributed by atoms with Crippen molar-refractivity contribution >= 4 is 5.97 Å². The molecule has 2 N–H and O–H groups in total. The molecule has 4 nitrogen and oxygen atoms in total. The van der Waals surface area contributed by atoms with Gasteiger partial charge in [-0.3, -0.25) is 0 Å². The molecule has 1 fully saturated rings. The molecule has 0 spiro atoms. The van der Waals surface area contributed by atoms with Gasteiger partial charge in [0.25, 0.3) is 0 Å². The van der Waals surface area contributed by atoms with Gasteiger partial charge >= 0.3 is 5.97 Å². The Morgan fingerprint density at radius 2 is 2.10 bits per heavy atom. The topological polar surface area (TPSA) is 52.6 Å². The molecule has 1 aromatic rings. The summed E-state index contributed by atoms with van der Waals surface area (Å²) < 4.78 is 13.5. The molecule has 1 aliphatic heterocycles. The SMILES string of the molecule is O=C(O)c1ccc(F)c(CNCCCN2CCCC2)c1. The average Bonchev–Trinajstić information content (AvgIpc) is 2.93. The van der Waals surface area contributed by atoms with Crippen molar-refractivity contribution in [1.82, 2.24) is 10.2 Å². The molecule has 2 rings (SSSR count). The monoisotopic (exact) mass is 280 g/mol. The molecule has 1 aliphatic rings. The highest BCUT2D eigenvalue weighted by Gasteiger charge is 2.10. The Morgan fingerprint density at radius 3 is 2.80 bits per heavy atom. The maximum Gasteiger partial charge on any atom is 0.335 e. The van der Waals surface area contributed by atoms with Crippen LogP contribution in [0.25, 0.3) is 0 Å². The van der Waals surface area contributed by atoms with Crippen molar-refractivity contribution in [3.8, 4) is 0 Å². The number of nitrogens with one attached hydrogen (secondary N) is 1. The van der Waals surface area contributed by atoms with E-state index in [0.717, 1.165) is 19.5 Å². The number of nitrogens with zero attached hydrogens (tertiary/aromatic N) is 1. The van der Waals surface area contributed by atoms with Crippen LogP contribution in [0.15, 0.2) is 18.2 Å². The highest BCUT2D eigenvalue weighted by molar-refractivity contribution is 5.87. The lowest BCUT2D eigenvalue weighted by molar-refractivity contribution is 0.0696. The zero-order valence-corrected chi connectivity index (χ0v) is 11.6. The molecule has 1 heterocycles. The molecule has 0 atom stereocenters. The molecule has 110 valence electrons. The van der Waals surface area contributed by atoms with E-state index in [9.17, 15) is 9.18 Å². The molecule has 0 saturated carbocycles. The lowest BCUT2D eigenvalue weighted by Gasteiger charge is -2.14. The number of hydrogen-bond donors (Lipinski definition) is 2. The fourth-order valence-corrected chi connectivity index (χ4v) is 2.50. The molecule has 0 radical (unpaired) electrons. The molecule has 0 aromatic heterocycles. The molecule has 5 heteroatoms. The molecule has 20 heavy (non-hydrogen) atoms. The second kappa shape index (κ2) is 7.36. The zero-order valence-electron chi connectivity index (χ0n) is 11.6. The summed E-state index contributed by atoms with van der Waals surface area (Å²) in [5.41, 5.74) is 0.534. The van der Waals surface area contributed by atoms with Crippen molar-refractivity contribution in [1.29, 1.82) is 0 Å². The summed E-state index contributed by atoms with van der Waals surface area (Å²) in [4.78, 5) is 13.3. The van der Waals surface area contributed by atoms with Crippen molar-refractivity contribution in [2.45, 2.75) is 25.8 Å². The number of aromatic carboxylic acids is 1. The standard InChI is InChI=1S/C15H21FN2O2/c16-14-5-4-12(15(19)20)10-13(14)11-17-6-3-9-18-7-1-2-8-18/h4-5,10,17H,1-3,6-9,11H2,(H,19,20). The minimum Gasteiger partial charge on any atom is -0.478 e. The van der Waals surface area contributed by atoms with Crippen LogP contribution in [0, 0.1) is 5.82 Å². The van der Waals surface area contributed by atoms with Gasteiger partial charge in [-0.1, -0.05) is 0 Å². The Bertz CT molecular complexity index is 459. The third kappa shape index (κ3) is 4.28. The van der Waals surface area contributed by atoms with Crippen molar-refractivity contribution < 1.29 is 14.3 Å². The quantitative estimate of drug-likeness (QED) is 0.751. The highest BCUT2D eigenvalue weighted by Crippen LogP contribution is 2.11. The summed E-state index contributed by atoms with van der Waals surface area (Å²) in [6.45, 7) is 4.63. The van der Waals surface area contributed by atoms with E-state index >= 15 is 0 Å². The fourth-order valence-electron chi connectivity index (χ4n) is 2.50. The van der Waals surface area contributed by atoms with Crippen molar-refractivity contribution in [2.24, 2.45) is 0 Å². The van der Waals surface area contributed by atoms with Gasteiger partial charge in [0, 0.05) is 12.1 Å². The molecule has 0 aliphatic carbocycles. The first-order chi connectivity index (χ1) is 9.66. The van der Waals surface area contributed by atoms with Crippen LogP contribution in [0.1, 0.15) is 35.2 Å². The van der Waals surface area contributed by atoms with E-state index in [1.165, 1.54) is 44.1 Å². The number of benzene rings is 1. The molecule has 0 amide bonds. The summed E-state index contributed by atoms with van der Waals surface area (Å²) >= 11 is 0. The number of halogens is 1. The number of carbonyl (C=O) groups is 1. The van der Waals surface area contributed by atoms with Crippen LogP contribution in [-0.4, -0.2) is 42.2 Å². The molecular weight excluding hydrogens is 259 g/mol. The van der Waals surface area contributed by atoms with Crippen LogP contribution in [0.3, 0.4) is 0 Å². The normalized spacial score (nSPS) is 15.7. The molecule has 1 aromatic carbocycles. The smallest absolute Gasteiger partial charge is 0.335 e. The highest BCUT2D eigenvalue weighted by atomic mass is 19.1. The number of carboxylic acids is 1. The summed E-state index contributed by atoms with van der Waals surface area (Å²) in [7, 11) is 0. The fraction of sp³-hybridized carbons (Fsp3) is 0.533. The Morgan fingerprint density at radius 1 is 1.35 bits per heavy atom. The van der Waals surface area contributed by atoms with Gasteiger partial charge in [0.05, 0.1) is 5.56 Å². The van der Waals surface area contributed by atoms with E-state index < -0.39 is 5.97 Å². The van der Waals surface area contributed by atoms with E-state index in [1.54, 1.807) is 0 Å². The summed E-state index contributed by atoms with van der Waals surface area (Å²) in [5, 5.41) is 12.1. The molecule has 0 unspecified atom stereocenters. The number of likely N-dealkylation sites (tertiary alicyclic amines) is 1. The second-order valence-electron chi connectivity index (χ2n) is 5.19. The van der Waals surface area contributed by atoms with E-state index in [1.807, 2.05) is 0 Å². The summed E-state index contributed by atoms with van der Waals surface area (Å²) in [6, 6.07) is 3.89. The van der Waals surface area contributed by atoms with Gasteiger partial charge in [-0.25, -0.2) is 9.18 Å². The third-order valence-electron chi connectivity index (χ3n) is 3.63. The van der Waals surface area contributed by atoms with Gasteiger partial charge < -0.3 is 15.3 Å². The number of carboxylic acid groups (broad SMARTS) is 1. The van der Waals surface area contributed by atoms with Gasteiger partial charge in [0.15, 0.2) is 0 Å². The van der Waals surface area contributed by atoms with Crippen molar-refractivity contribution in [3.05, 3.63) is 35.1 Å². The summed E-state index contributed by atoms with van der Waals surface area (Å²) in [5.74, 6) is -1.39. The van der Waals surface area contributed by atoms with Crippen LogP contribution < -0.4 is 5.32 Å². The van der Waals surface area contributed by atoms with Crippen LogP contribution in [0.4, 0.5) is 4.39 Å². The van der Waals surface area contributed by atoms with E-state index in [4.69, 9.17) is 5.11 Å². The van der Waals surface area contributed by atoms with Crippen LogP contribution in [0.2, 0.25) is 0 Å². The lowest BCUT2D eigenvalue weighted by atomic mass is 10.1. The van der Waals surface area contributed by atoms with Crippen molar-refractivity contribution in [2.75, 3.05) is 26.2 Å². The minimum absolute atomic E-state index is 0.125. The van der Waals surface area contributed by atoms with Crippen LogP contribution in [0.5, 0.6) is 0 Å². The molecule has 1 saturated heterocycles. The maximum atomic E-state index is 13.5. The lowest BCUT2D eigenvalue weighted by Crippen LogP contribution is -2.25. The summed E-state index contributed by atoms with van der Waals surface area (Å²) in [6.07, 6.45) is 3.61. The largest absolute Gasteiger partial charge is 0.478 e. The first kappa shape index (κ1) is 14.9. The van der Waals surface area contributed by atoms with Gasteiger partial charge in [-0.2, -0.15) is 0 Å². The van der Waals surface area contributed by atoms with E-state index in [0.29, 0.717) is 12.1 Å². The average molecular weight is 280 g/mol. The molecular formula is C15H21FN2O2. The second-order valence-corrected chi connectivity index (χ2v) is 5.19. The van der Waals surface area contributed by atoms with Crippen LogP contribution >= 0.6 is 0 Å². The number of rotatable bonds is 7. The van der Waals surface area contributed by atoms with E-state index in [-0.39, 0.29) is 11.4 Å². The Kier molecular flexibility index (Phi) is 5.49. The Labute approximate surface area is 118 Å². The third-order valence-corrected chi connectivity index (χ3v) is 3.63. The van der Waals surface area contributed by atoms with Crippen molar-refractivity contribution in [3.63, 3.8) is 0 Å². The maximum absolute atomic E-state index is 13.5. The predicted molar refractivity (Wildman–Crippen MR) is 75.4 cm³/mol. The minimum atomic E-state index is -1.03. The predicted octanol–water partition coefficient (Wildman–Crippen LogP) is 2.10. The van der Waals surface area contributed by atoms with Crippen LogP contribution in [-0.2, 0) is 6.54 Å². The van der Waals surface area contributed by atoms with Gasteiger partial charge in [0.1, 0.15) is 5.82 Å². The Balaban J connectivity index is 1.72. The number of hydrogen-bond acceptors (Lipinski definition) is 3. The first-order valence-electron chi connectivity index (χ1n) is 7.11. The first-order valence-corrected chi connectivity index (χ1v) is 7.11. The van der Waals surface area contributed by atoms with Gasteiger partial charge in [-0.05, 0) is 63.6 Å². The van der Waals surface area contributed by atoms with Gasteiger partial charge in [0.2, 0.25) is 0 Å². The zero-order chi connectivity index (χ0) is 14.4. The molecule has 0 bridgehead atoms. The Hall–Kier alpha value is -1.46.